The Kier molecular flexibility index (Phi) is 5.32. The largest absolute Gasteiger partial charge is 0.323 e. The third-order valence-electron chi connectivity index (χ3n) is 5.99. The molecule has 8 heteroatoms. The van der Waals surface area contributed by atoms with Crippen molar-refractivity contribution in [3.8, 4) is 0 Å². The number of benzene rings is 3. The third kappa shape index (κ3) is 3.45. The number of carbonyl (C=O) groups excluding carboxylic acids is 2. The van der Waals surface area contributed by atoms with E-state index < -0.39 is 22.5 Å². The van der Waals surface area contributed by atoms with E-state index in [1.54, 1.807) is 30.3 Å². The molecule has 3 amide bonds. The predicted octanol–water partition coefficient (Wildman–Crippen LogP) is 5.25. The van der Waals surface area contributed by atoms with Crippen molar-refractivity contribution in [2.75, 3.05) is 22.5 Å². The third-order valence-corrected chi connectivity index (χ3v) is 7.41. The molecule has 2 heterocycles. The van der Waals surface area contributed by atoms with Crippen molar-refractivity contribution in [2.24, 2.45) is 0 Å². The number of nitrogens with zero attached hydrogens (tertiary/aromatic N) is 2. The number of thioether (sulfide) groups is 1. The molecule has 5 nitrogen and oxygen atoms in total. The van der Waals surface area contributed by atoms with E-state index in [-0.39, 0.29) is 18.0 Å². The number of para-hydroxylation sites is 1. The second kappa shape index (κ2) is 8.19. The van der Waals surface area contributed by atoms with Crippen molar-refractivity contribution in [3.05, 3.63) is 95.1 Å². The average Bonchev–Trinajstić information content (AvgIpc) is 3.33. The van der Waals surface area contributed by atoms with E-state index in [2.05, 4.69) is 5.32 Å². The topological polar surface area (TPSA) is 52.7 Å². The van der Waals surface area contributed by atoms with E-state index in [1.165, 1.54) is 39.8 Å². The highest BCUT2D eigenvalue weighted by Crippen LogP contribution is 2.54. The minimum absolute atomic E-state index is 0.184. The van der Waals surface area contributed by atoms with Crippen LogP contribution in [0.25, 0.3) is 0 Å². The number of rotatable bonds is 3. The quantitative estimate of drug-likeness (QED) is 0.575. The summed E-state index contributed by atoms with van der Waals surface area (Å²) in [6.07, 6.45) is 0. The minimum atomic E-state index is -1.29. The average molecular weight is 466 g/mol. The molecule has 0 radical (unpaired) electrons. The van der Waals surface area contributed by atoms with Crippen molar-refractivity contribution in [2.45, 2.75) is 18.3 Å². The number of aryl methyl sites for hydroxylation is 1. The maximum Gasteiger partial charge on any atom is 0.323 e. The summed E-state index contributed by atoms with van der Waals surface area (Å²) in [5.41, 5.74) is 2.65. The molecule has 1 spiro atoms. The summed E-state index contributed by atoms with van der Waals surface area (Å²) in [7, 11) is 0. The Labute approximate surface area is 194 Å². The van der Waals surface area contributed by atoms with Gasteiger partial charge >= 0.3 is 6.03 Å². The SMILES string of the molecule is Cc1cccc(NC(=O)N2CCSC23C(=O)N(Cc2c(F)cccc2F)c2ccccc23)c1. The van der Waals surface area contributed by atoms with Gasteiger partial charge in [0.25, 0.3) is 5.91 Å². The standard InChI is InChI=1S/C25H21F2N3O2S/c1-16-6-4-7-17(14-16)28-24(32)30-12-13-33-25(30)19-8-2-3-11-22(19)29(23(25)31)15-18-20(26)9-5-10-21(18)27/h2-11,14H,12-13,15H2,1H3,(H,28,32). The van der Waals surface area contributed by atoms with Gasteiger partial charge in [0.2, 0.25) is 0 Å². The van der Waals surface area contributed by atoms with Gasteiger partial charge in [-0.15, -0.1) is 11.8 Å². The fourth-order valence-electron chi connectivity index (χ4n) is 4.48. The zero-order valence-electron chi connectivity index (χ0n) is 17.8. The number of hydrogen-bond acceptors (Lipinski definition) is 3. The van der Waals surface area contributed by atoms with Crippen LogP contribution in [-0.2, 0) is 16.2 Å². The molecule has 1 saturated heterocycles. The highest BCUT2D eigenvalue weighted by molar-refractivity contribution is 8.01. The molecule has 168 valence electrons. The van der Waals surface area contributed by atoms with Crippen molar-refractivity contribution in [1.82, 2.24) is 4.90 Å². The second-order valence-electron chi connectivity index (χ2n) is 8.05. The van der Waals surface area contributed by atoms with Gasteiger partial charge in [0.05, 0.1) is 12.2 Å². The van der Waals surface area contributed by atoms with Gasteiger partial charge in [-0.1, -0.05) is 36.4 Å². The summed E-state index contributed by atoms with van der Waals surface area (Å²) in [4.78, 5) is 28.8. The highest BCUT2D eigenvalue weighted by atomic mass is 32.2. The van der Waals surface area contributed by atoms with Gasteiger partial charge in [-0.25, -0.2) is 13.6 Å². The lowest BCUT2D eigenvalue weighted by Gasteiger charge is -2.33. The Morgan fingerprint density at radius 1 is 1.06 bits per heavy atom. The molecule has 3 aromatic rings. The van der Waals surface area contributed by atoms with Crippen LogP contribution in [-0.4, -0.2) is 29.1 Å². The lowest BCUT2D eigenvalue weighted by molar-refractivity contribution is -0.123. The van der Waals surface area contributed by atoms with E-state index >= 15 is 0 Å². The number of anilines is 2. The molecule has 2 aliphatic rings. The van der Waals surface area contributed by atoms with Gasteiger partial charge in [0.1, 0.15) is 11.6 Å². The smallest absolute Gasteiger partial charge is 0.308 e. The number of fused-ring (bicyclic) bond motifs is 2. The zero-order valence-corrected chi connectivity index (χ0v) is 18.7. The fourth-order valence-corrected chi connectivity index (χ4v) is 5.94. The highest BCUT2D eigenvalue weighted by Gasteiger charge is 2.59. The monoisotopic (exact) mass is 465 g/mol. The van der Waals surface area contributed by atoms with E-state index in [1.807, 2.05) is 25.1 Å². The van der Waals surface area contributed by atoms with E-state index in [0.717, 1.165) is 5.56 Å². The molecule has 1 fully saturated rings. The second-order valence-corrected chi connectivity index (χ2v) is 9.34. The zero-order chi connectivity index (χ0) is 23.2. The maximum absolute atomic E-state index is 14.4. The van der Waals surface area contributed by atoms with Gasteiger partial charge in [-0.05, 0) is 42.8 Å². The van der Waals surface area contributed by atoms with Gasteiger partial charge in [-0.2, -0.15) is 0 Å². The van der Waals surface area contributed by atoms with Crippen LogP contribution in [0.15, 0.2) is 66.7 Å². The van der Waals surface area contributed by atoms with Crippen LogP contribution in [0.1, 0.15) is 16.7 Å². The Balaban J connectivity index is 1.53. The first-order valence-electron chi connectivity index (χ1n) is 10.6. The molecule has 5 rings (SSSR count). The first kappa shape index (κ1) is 21.5. The van der Waals surface area contributed by atoms with Gasteiger partial charge < -0.3 is 10.2 Å². The first-order chi connectivity index (χ1) is 15.9. The van der Waals surface area contributed by atoms with Crippen molar-refractivity contribution >= 4 is 35.1 Å². The molecular weight excluding hydrogens is 444 g/mol. The summed E-state index contributed by atoms with van der Waals surface area (Å²) < 4.78 is 28.8. The van der Waals surface area contributed by atoms with Crippen LogP contribution in [0.3, 0.4) is 0 Å². The molecule has 3 aromatic carbocycles. The Bertz CT molecular complexity index is 1250. The van der Waals surface area contributed by atoms with Gasteiger partial charge in [-0.3, -0.25) is 9.69 Å². The lowest BCUT2D eigenvalue weighted by atomic mass is 10.1. The molecule has 2 aliphatic heterocycles. The Morgan fingerprint density at radius 2 is 1.79 bits per heavy atom. The molecule has 1 N–H and O–H groups in total. The number of hydrogen-bond donors (Lipinski definition) is 1. The maximum atomic E-state index is 14.4. The summed E-state index contributed by atoms with van der Waals surface area (Å²) in [5, 5.41) is 2.89. The van der Waals surface area contributed by atoms with Crippen LogP contribution < -0.4 is 10.2 Å². The van der Waals surface area contributed by atoms with Crippen LogP contribution in [0.5, 0.6) is 0 Å². The van der Waals surface area contributed by atoms with E-state index in [0.29, 0.717) is 29.2 Å². The molecule has 1 atom stereocenters. The molecule has 0 aliphatic carbocycles. The lowest BCUT2D eigenvalue weighted by Crippen LogP contribution is -2.51. The number of amides is 3. The molecule has 0 saturated carbocycles. The Morgan fingerprint density at radius 3 is 2.55 bits per heavy atom. The first-order valence-corrected chi connectivity index (χ1v) is 11.5. The van der Waals surface area contributed by atoms with E-state index in [4.69, 9.17) is 0 Å². The van der Waals surface area contributed by atoms with Crippen molar-refractivity contribution in [1.29, 1.82) is 0 Å². The van der Waals surface area contributed by atoms with Crippen molar-refractivity contribution < 1.29 is 18.4 Å². The minimum Gasteiger partial charge on any atom is -0.308 e. The van der Waals surface area contributed by atoms with Crippen LogP contribution >= 0.6 is 11.8 Å². The van der Waals surface area contributed by atoms with Gasteiger partial charge in [0.15, 0.2) is 4.87 Å². The normalized spacial score (nSPS) is 19.3. The number of nitrogens with one attached hydrogen (secondary N) is 1. The summed E-state index contributed by atoms with van der Waals surface area (Å²) in [6, 6.07) is 17.8. The van der Waals surface area contributed by atoms with Crippen LogP contribution in [0.4, 0.5) is 25.0 Å². The number of carbonyl (C=O) groups is 2. The number of halogens is 2. The molecule has 33 heavy (non-hydrogen) atoms. The van der Waals surface area contributed by atoms with Crippen LogP contribution in [0, 0.1) is 18.6 Å². The summed E-state index contributed by atoms with van der Waals surface area (Å²) >= 11 is 1.36. The summed E-state index contributed by atoms with van der Waals surface area (Å²) in [5.74, 6) is -1.25. The molecule has 1 unspecified atom stereocenters. The summed E-state index contributed by atoms with van der Waals surface area (Å²) in [6.45, 7) is 2.04. The Hall–Kier alpha value is -3.39. The van der Waals surface area contributed by atoms with Crippen molar-refractivity contribution in [3.63, 3.8) is 0 Å². The van der Waals surface area contributed by atoms with E-state index in [9.17, 15) is 18.4 Å². The van der Waals surface area contributed by atoms with Crippen LogP contribution in [0.2, 0.25) is 0 Å². The van der Waals surface area contributed by atoms with Gasteiger partial charge in [0, 0.05) is 29.1 Å². The number of urea groups is 1. The fraction of sp³-hybridized carbons (Fsp3) is 0.200. The predicted molar refractivity (Wildman–Crippen MR) is 125 cm³/mol. The molecular formula is C25H21F2N3O2S. The molecule has 0 bridgehead atoms. The molecule has 0 aromatic heterocycles.